The van der Waals surface area contributed by atoms with Crippen LogP contribution in [0.5, 0.6) is 5.88 Å². The molecule has 22 heavy (non-hydrogen) atoms. The summed E-state index contributed by atoms with van der Waals surface area (Å²) in [7, 11) is 0. The summed E-state index contributed by atoms with van der Waals surface area (Å²) in [5.41, 5.74) is 12.1. The van der Waals surface area contributed by atoms with Crippen molar-refractivity contribution in [2.24, 2.45) is 11.7 Å². The zero-order valence-electron chi connectivity index (χ0n) is 12.3. The number of alkyl halides is 2. The van der Waals surface area contributed by atoms with Crippen LogP contribution in [0.3, 0.4) is 0 Å². The Kier molecular flexibility index (Phi) is 6.93. The predicted octanol–water partition coefficient (Wildman–Crippen LogP) is 3.06. The van der Waals surface area contributed by atoms with Crippen LogP contribution in [0, 0.1) is 5.92 Å². The van der Waals surface area contributed by atoms with E-state index < -0.39 is 0 Å². The van der Waals surface area contributed by atoms with Gasteiger partial charge in [0, 0.05) is 12.4 Å². The van der Waals surface area contributed by atoms with Crippen molar-refractivity contribution >= 4 is 56.5 Å². The van der Waals surface area contributed by atoms with E-state index in [1.807, 2.05) is 4.40 Å². The molecule has 2 rings (SSSR count). The van der Waals surface area contributed by atoms with Crippen LogP contribution in [0.25, 0.3) is 5.52 Å². The van der Waals surface area contributed by atoms with Gasteiger partial charge in [0.2, 0.25) is 5.88 Å². The Labute approximate surface area is 157 Å². The minimum Gasteiger partial charge on any atom is -0.492 e. The van der Waals surface area contributed by atoms with E-state index in [1.54, 1.807) is 12.4 Å². The number of aromatic hydroxyl groups is 1. The van der Waals surface area contributed by atoms with Crippen LogP contribution < -0.4 is 11.5 Å². The maximum atomic E-state index is 9.97. The average Bonchev–Trinajstić information content (AvgIpc) is 2.84. The molecule has 6 nitrogen and oxygen atoms in total. The van der Waals surface area contributed by atoms with Gasteiger partial charge in [0.25, 0.3) is 0 Å². The molecule has 8 heteroatoms. The van der Waals surface area contributed by atoms with Crippen LogP contribution in [0.2, 0.25) is 0 Å². The molecule has 5 N–H and O–H groups in total. The highest BCUT2D eigenvalue weighted by molar-refractivity contribution is 14.1. The number of aromatic nitrogens is 3. The van der Waals surface area contributed by atoms with E-state index in [2.05, 4.69) is 55.1 Å². The van der Waals surface area contributed by atoms with E-state index in [4.69, 9.17) is 11.5 Å². The van der Waals surface area contributed by atoms with Gasteiger partial charge in [-0.05, 0) is 36.2 Å². The molecule has 0 spiro atoms. The number of nitrogens with two attached hydrogens (primary N) is 2. The molecule has 2 heterocycles. The molecule has 0 bridgehead atoms. The third-order valence-corrected chi connectivity index (χ3v) is 5.60. The second-order valence-electron chi connectivity index (χ2n) is 5.30. The Hall–Kier alpha value is -0.360. The molecule has 0 aromatic carbocycles. The Balaban J connectivity index is 2.04. The topological polar surface area (TPSA) is 102 Å². The molecule has 0 saturated heterocycles. The summed E-state index contributed by atoms with van der Waals surface area (Å²) in [6.07, 6.45) is 7.83. The number of hydrogen-bond acceptors (Lipinski definition) is 5. The van der Waals surface area contributed by atoms with Crippen molar-refractivity contribution in [1.29, 1.82) is 0 Å². The summed E-state index contributed by atoms with van der Waals surface area (Å²) >= 11 is 4.77. The Morgan fingerprint density at radius 2 is 2.09 bits per heavy atom. The van der Waals surface area contributed by atoms with Crippen LogP contribution in [-0.4, -0.2) is 30.4 Å². The minimum absolute atomic E-state index is 0.0491. The number of anilines is 1. The van der Waals surface area contributed by atoms with Gasteiger partial charge in [-0.1, -0.05) is 51.6 Å². The SMILES string of the molecule is NCC(CCI)CCC[C@H](I)c1nc(O)c2c(N)nccn12. The fourth-order valence-corrected chi connectivity index (χ4v) is 4.30. The van der Waals surface area contributed by atoms with E-state index in [9.17, 15) is 5.11 Å². The lowest BCUT2D eigenvalue weighted by atomic mass is 9.99. The van der Waals surface area contributed by atoms with Crippen molar-refractivity contribution < 1.29 is 5.11 Å². The molecule has 122 valence electrons. The average molecular weight is 529 g/mol. The lowest BCUT2D eigenvalue weighted by molar-refractivity contribution is 0.454. The zero-order chi connectivity index (χ0) is 16.1. The van der Waals surface area contributed by atoms with Crippen molar-refractivity contribution in [3.63, 3.8) is 0 Å². The molecule has 0 radical (unpaired) electrons. The van der Waals surface area contributed by atoms with Gasteiger partial charge in [-0.2, -0.15) is 4.98 Å². The first-order valence-electron chi connectivity index (χ1n) is 7.30. The largest absolute Gasteiger partial charge is 0.492 e. The van der Waals surface area contributed by atoms with Gasteiger partial charge in [-0.25, -0.2) is 4.98 Å². The molecular formula is C14H21I2N5O. The summed E-state index contributed by atoms with van der Waals surface area (Å²) in [5, 5.41) is 9.97. The van der Waals surface area contributed by atoms with Gasteiger partial charge in [0.1, 0.15) is 5.82 Å². The molecule has 1 unspecified atom stereocenters. The molecule has 0 aliphatic heterocycles. The molecule has 2 atom stereocenters. The summed E-state index contributed by atoms with van der Waals surface area (Å²) in [6, 6.07) is 0. The first-order valence-corrected chi connectivity index (χ1v) is 10.1. The number of nitrogens with zero attached hydrogens (tertiary/aromatic N) is 3. The highest BCUT2D eigenvalue weighted by Gasteiger charge is 2.19. The Morgan fingerprint density at radius 1 is 1.32 bits per heavy atom. The summed E-state index contributed by atoms with van der Waals surface area (Å²) < 4.78 is 3.20. The first kappa shape index (κ1) is 18.0. The van der Waals surface area contributed by atoms with Crippen LogP contribution in [-0.2, 0) is 0 Å². The zero-order valence-corrected chi connectivity index (χ0v) is 16.6. The number of fused-ring (bicyclic) bond motifs is 1. The van der Waals surface area contributed by atoms with Crippen LogP contribution in [0.4, 0.5) is 5.82 Å². The summed E-state index contributed by atoms with van der Waals surface area (Å²) in [6.45, 7) is 0.754. The number of hydrogen-bond donors (Lipinski definition) is 3. The van der Waals surface area contributed by atoms with E-state index in [1.165, 1.54) is 6.42 Å². The third kappa shape index (κ3) is 4.13. The lowest BCUT2D eigenvalue weighted by Crippen LogP contribution is -2.15. The number of nitrogen functional groups attached to an aromatic ring is 1. The van der Waals surface area contributed by atoms with Gasteiger partial charge >= 0.3 is 0 Å². The number of rotatable bonds is 8. The third-order valence-electron chi connectivity index (χ3n) is 3.79. The fraction of sp³-hybridized carbons (Fsp3) is 0.571. The molecule has 0 fully saturated rings. The first-order chi connectivity index (χ1) is 10.6. The standard InChI is InChI=1S/C14H21I2N5O/c15-5-4-9(8-17)2-1-3-10(16)13-20-14(22)11-12(18)19-6-7-21(11)13/h6-7,9-10,22H,1-5,8,17H2,(H2,18,19)/t9?,10-/m0/s1. The lowest BCUT2D eigenvalue weighted by Gasteiger charge is -2.14. The highest BCUT2D eigenvalue weighted by Crippen LogP contribution is 2.33. The van der Waals surface area contributed by atoms with E-state index in [0.29, 0.717) is 17.3 Å². The van der Waals surface area contributed by atoms with Gasteiger partial charge in [0.05, 0.1) is 3.92 Å². The van der Waals surface area contributed by atoms with Gasteiger partial charge < -0.3 is 16.6 Å². The van der Waals surface area contributed by atoms with Crippen molar-refractivity contribution in [2.45, 2.75) is 29.6 Å². The van der Waals surface area contributed by atoms with Gasteiger partial charge in [-0.15, -0.1) is 0 Å². The summed E-state index contributed by atoms with van der Waals surface area (Å²) in [4.78, 5) is 8.27. The minimum atomic E-state index is -0.0491. The smallest absolute Gasteiger partial charge is 0.241 e. The molecule has 0 saturated carbocycles. The van der Waals surface area contributed by atoms with E-state index in [0.717, 1.165) is 36.1 Å². The fourth-order valence-electron chi connectivity index (χ4n) is 2.54. The van der Waals surface area contributed by atoms with Crippen LogP contribution in [0.15, 0.2) is 12.4 Å². The van der Waals surface area contributed by atoms with Crippen LogP contribution >= 0.6 is 45.2 Å². The predicted molar refractivity (Wildman–Crippen MR) is 106 cm³/mol. The van der Waals surface area contributed by atoms with Crippen LogP contribution in [0.1, 0.15) is 35.4 Å². The van der Waals surface area contributed by atoms with Gasteiger partial charge in [-0.3, -0.25) is 4.40 Å². The molecule has 0 aliphatic rings. The monoisotopic (exact) mass is 529 g/mol. The Bertz CT molecular complexity index is 619. The maximum Gasteiger partial charge on any atom is 0.241 e. The highest BCUT2D eigenvalue weighted by atomic mass is 127. The molecule has 0 aliphatic carbocycles. The van der Waals surface area contributed by atoms with Crippen molar-refractivity contribution in [3.05, 3.63) is 18.2 Å². The maximum absolute atomic E-state index is 9.97. The van der Waals surface area contributed by atoms with Crippen molar-refractivity contribution in [1.82, 2.24) is 14.4 Å². The normalized spacial score (nSPS) is 14.3. The number of imidazole rings is 1. The second kappa shape index (κ2) is 8.48. The Morgan fingerprint density at radius 3 is 2.77 bits per heavy atom. The quantitative estimate of drug-likeness (QED) is 0.361. The van der Waals surface area contributed by atoms with Crippen molar-refractivity contribution in [3.8, 4) is 5.88 Å². The second-order valence-corrected chi connectivity index (χ2v) is 7.88. The summed E-state index contributed by atoms with van der Waals surface area (Å²) in [5.74, 6) is 1.67. The van der Waals surface area contributed by atoms with E-state index >= 15 is 0 Å². The molecular weight excluding hydrogens is 508 g/mol. The molecule has 2 aromatic heterocycles. The van der Waals surface area contributed by atoms with Gasteiger partial charge in [0.15, 0.2) is 11.3 Å². The van der Waals surface area contributed by atoms with Crippen molar-refractivity contribution in [2.75, 3.05) is 16.7 Å². The number of halogens is 2. The van der Waals surface area contributed by atoms with E-state index in [-0.39, 0.29) is 9.80 Å². The molecule has 0 amide bonds. The molecule has 2 aromatic rings.